The van der Waals surface area contributed by atoms with Crippen LogP contribution < -0.4 is 15.5 Å². The van der Waals surface area contributed by atoms with Gasteiger partial charge >= 0.3 is 0 Å². The summed E-state index contributed by atoms with van der Waals surface area (Å²) >= 11 is 0. The van der Waals surface area contributed by atoms with E-state index in [4.69, 9.17) is 0 Å². The molecule has 0 spiro atoms. The van der Waals surface area contributed by atoms with Gasteiger partial charge in [-0.15, -0.1) is 0 Å². The summed E-state index contributed by atoms with van der Waals surface area (Å²) in [7, 11) is 0. The van der Waals surface area contributed by atoms with Crippen LogP contribution in [-0.4, -0.2) is 37.5 Å². The maximum atomic E-state index is 11.9. The highest BCUT2D eigenvalue weighted by molar-refractivity contribution is 5.85. The Labute approximate surface area is 125 Å². The Morgan fingerprint density at radius 1 is 1.19 bits per heavy atom. The second-order valence-corrected chi connectivity index (χ2v) is 5.87. The number of quaternary nitrogens is 1. The summed E-state index contributed by atoms with van der Waals surface area (Å²) in [6.45, 7) is 6.11. The van der Waals surface area contributed by atoms with Crippen molar-refractivity contribution in [2.24, 2.45) is 0 Å². The number of rotatable bonds is 5. The predicted molar refractivity (Wildman–Crippen MR) is 80.8 cm³/mol. The number of fused-ring (bicyclic) bond motifs is 1. The maximum absolute atomic E-state index is 11.9. The predicted octanol–water partition coefficient (Wildman–Crippen LogP) is -0.732. The molecule has 1 atom stereocenters. The number of carbonyl (C=O) groups is 2. The first-order chi connectivity index (χ1) is 10.0. The standard InChI is InChI=1S/C16H23N3O2/c1-12(2)18-15(20)9-17-16(21)11-19-8-7-13-5-3-4-6-14(13)10-19/h3-6,12H,7-11H2,1-2H3,(H,17,21)(H,18,20)/p+1. The lowest BCUT2D eigenvalue weighted by molar-refractivity contribution is -0.908. The van der Waals surface area contributed by atoms with Crippen LogP contribution in [0.25, 0.3) is 0 Å². The molecule has 1 heterocycles. The number of carbonyl (C=O) groups excluding carboxylic acids is 2. The molecule has 0 aliphatic carbocycles. The van der Waals surface area contributed by atoms with Gasteiger partial charge in [-0.3, -0.25) is 9.59 Å². The van der Waals surface area contributed by atoms with Gasteiger partial charge in [-0.25, -0.2) is 0 Å². The van der Waals surface area contributed by atoms with Crippen molar-refractivity contribution in [3.63, 3.8) is 0 Å². The second-order valence-electron chi connectivity index (χ2n) is 5.87. The smallest absolute Gasteiger partial charge is 0.275 e. The monoisotopic (exact) mass is 290 g/mol. The van der Waals surface area contributed by atoms with Crippen molar-refractivity contribution in [3.05, 3.63) is 35.4 Å². The molecule has 21 heavy (non-hydrogen) atoms. The number of hydrogen-bond acceptors (Lipinski definition) is 2. The first kappa shape index (κ1) is 15.5. The van der Waals surface area contributed by atoms with Crippen LogP contribution in [0.2, 0.25) is 0 Å². The molecule has 2 rings (SSSR count). The zero-order chi connectivity index (χ0) is 15.2. The Balaban J connectivity index is 1.75. The van der Waals surface area contributed by atoms with E-state index in [0.717, 1.165) is 19.5 Å². The van der Waals surface area contributed by atoms with E-state index in [1.807, 2.05) is 19.9 Å². The van der Waals surface area contributed by atoms with Crippen LogP contribution in [0.1, 0.15) is 25.0 Å². The first-order valence-corrected chi connectivity index (χ1v) is 7.51. The summed E-state index contributed by atoms with van der Waals surface area (Å²) in [5, 5.41) is 5.44. The zero-order valence-corrected chi connectivity index (χ0v) is 12.7. The van der Waals surface area contributed by atoms with Gasteiger partial charge < -0.3 is 15.5 Å². The number of benzene rings is 1. The molecule has 0 bridgehead atoms. The molecule has 0 radical (unpaired) electrons. The Morgan fingerprint density at radius 3 is 2.62 bits per heavy atom. The quantitative estimate of drug-likeness (QED) is 0.669. The molecular weight excluding hydrogens is 266 g/mol. The summed E-state index contributed by atoms with van der Waals surface area (Å²) < 4.78 is 0. The van der Waals surface area contributed by atoms with Gasteiger partial charge in [0.25, 0.3) is 5.91 Å². The lowest BCUT2D eigenvalue weighted by Gasteiger charge is -2.25. The van der Waals surface area contributed by atoms with Crippen molar-refractivity contribution in [3.8, 4) is 0 Å². The van der Waals surface area contributed by atoms with E-state index in [2.05, 4.69) is 28.8 Å². The third-order valence-corrected chi connectivity index (χ3v) is 3.61. The van der Waals surface area contributed by atoms with Gasteiger partial charge in [0.05, 0.1) is 13.1 Å². The average molecular weight is 290 g/mol. The molecule has 114 valence electrons. The highest BCUT2D eigenvalue weighted by atomic mass is 16.2. The Morgan fingerprint density at radius 2 is 1.90 bits per heavy atom. The lowest BCUT2D eigenvalue weighted by atomic mass is 10.00. The van der Waals surface area contributed by atoms with Crippen LogP contribution in [-0.2, 0) is 22.6 Å². The molecule has 1 aliphatic heterocycles. The normalized spacial score (nSPS) is 17.2. The van der Waals surface area contributed by atoms with Crippen LogP contribution >= 0.6 is 0 Å². The third kappa shape index (κ3) is 4.86. The fourth-order valence-electron chi connectivity index (χ4n) is 2.64. The molecule has 1 aliphatic rings. The number of amides is 2. The molecule has 5 nitrogen and oxygen atoms in total. The molecule has 0 aromatic heterocycles. The fraction of sp³-hybridized carbons (Fsp3) is 0.500. The average Bonchev–Trinajstić information content (AvgIpc) is 2.44. The van der Waals surface area contributed by atoms with Gasteiger partial charge in [-0.1, -0.05) is 24.3 Å². The second kappa shape index (κ2) is 7.22. The minimum atomic E-state index is -0.141. The molecule has 2 amide bonds. The highest BCUT2D eigenvalue weighted by Gasteiger charge is 2.21. The molecule has 3 N–H and O–H groups in total. The molecule has 0 saturated heterocycles. The van der Waals surface area contributed by atoms with Crippen molar-refractivity contribution in [1.29, 1.82) is 0 Å². The van der Waals surface area contributed by atoms with Gasteiger partial charge in [0.15, 0.2) is 6.54 Å². The summed E-state index contributed by atoms with van der Waals surface area (Å²) in [6, 6.07) is 8.48. The van der Waals surface area contributed by atoms with Crippen LogP contribution in [0.3, 0.4) is 0 Å². The van der Waals surface area contributed by atoms with Crippen molar-refractivity contribution >= 4 is 11.8 Å². The van der Waals surface area contributed by atoms with Crippen LogP contribution in [0, 0.1) is 0 Å². The van der Waals surface area contributed by atoms with Crippen molar-refractivity contribution < 1.29 is 14.5 Å². The topological polar surface area (TPSA) is 62.6 Å². The first-order valence-electron chi connectivity index (χ1n) is 7.51. The maximum Gasteiger partial charge on any atom is 0.275 e. The number of hydrogen-bond donors (Lipinski definition) is 3. The van der Waals surface area contributed by atoms with E-state index >= 15 is 0 Å². The van der Waals surface area contributed by atoms with E-state index in [-0.39, 0.29) is 24.4 Å². The molecular formula is C16H24N3O2+. The summed E-state index contributed by atoms with van der Waals surface area (Å²) in [6.07, 6.45) is 1.01. The fourth-order valence-corrected chi connectivity index (χ4v) is 2.64. The Bertz CT molecular complexity index is 514. The minimum Gasteiger partial charge on any atom is -0.352 e. The van der Waals surface area contributed by atoms with E-state index in [9.17, 15) is 9.59 Å². The van der Waals surface area contributed by atoms with E-state index in [1.165, 1.54) is 16.0 Å². The van der Waals surface area contributed by atoms with Crippen molar-refractivity contribution in [2.75, 3.05) is 19.6 Å². The van der Waals surface area contributed by atoms with Crippen molar-refractivity contribution in [2.45, 2.75) is 32.9 Å². The van der Waals surface area contributed by atoms with Gasteiger partial charge in [0.2, 0.25) is 5.91 Å². The zero-order valence-electron chi connectivity index (χ0n) is 12.7. The van der Waals surface area contributed by atoms with Crippen LogP contribution in [0.15, 0.2) is 24.3 Å². The minimum absolute atomic E-state index is 0.0564. The van der Waals surface area contributed by atoms with Crippen LogP contribution in [0.4, 0.5) is 0 Å². The van der Waals surface area contributed by atoms with Gasteiger partial charge in [0, 0.05) is 18.0 Å². The van der Waals surface area contributed by atoms with E-state index in [1.54, 1.807) is 0 Å². The van der Waals surface area contributed by atoms with Gasteiger partial charge in [0.1, 0.15) is 6.54 Å². The largest absolute Gasteiger partial charge is 0.352 e. The summed E-state index contributed by atoms with van der Waals surface area (Å²) in [4.78, 5) is 24.6. The molecule has 1 unspecified atom stereocenters. The lowest BCUT2D eigenvalue weighted by Crippen LogP contribution is -3.12. The SMILES string of the molecule is CC(C)NC(=O)CNC(=O)C[NH+]1CCc2ccccc2C1. The van der Waals surface area contributed by atoms with Gasteiger partial charge in [-0.2, -0.15) is 0 Å². The van der Waals surface area contributed by atoms with Crippen molar-refractivity contribution in [1.82, 2.24) is 10.6 Å². The highest BCUT2D eigenvalue weighted by Crippen LogP contribution is 2.10. The van der Waals surface area contributed by atoms with E-state index in [0.29, 0.717) is 6.54 Å². The molecule has 1 aromatic rings. The van der Waals surface area contributed by atoms with E-state index < -0.39 is 0 Å². The summed E-state index contributed by atoms with van der Waals surface area (Å²) in [5.74, 6) is -0.208. The molecule has 5 heteroatoms. The third-order valence-electron chi connectivity index (χ3n) is 3.61. The molecule has 1 aromatic carbocycles. The summed E-state index contributed by atoms with van der Waals surface area (Å²) in [5.41, 5.74) is 2.71. The van der Waals surface area contributed by atoms with Gasteiger partial charge in [-0.05, 0) is 19.4 Å². The number of nitrogens with one attached hydrogen (secondary N) is 3. The van der Waals surface area contributed by atoms with Crippen LogP contribution in [0.5, 0.6) is 0 Å². The Hall–Kier alpha value is -1.88. The Kier molecular flexibility index (Phi) is 5.33. The molecule has 0 fully saturated rings. The molecule has 0 saturated carbocycles.